The molecule has 6 nitrogen and oxygen atoms in total. The van der Waals surface area contributed by atoms with E-state index in [0.717, 1.165) is 25.2 Å². The van der Waals surface area contributed by atoms with Gasteiger partial charge < -0.3 is 5.32 Å². The number of amides is 2. The van der Waals surface area contributed by atoms with Crippen molar-refractivity contribution in [2.45, 2.75) is 20.4 Å². The van der Waals surface area contributed by atoms with Gasteiger partial charge in [-0.05, 0) is 59.9 Å². The predicted octanol–water partition coefficient (Wildman–Crippen LogP) is 4.75. The van der Waals surface area contributed by atoms with E-state index in [1.807, 2.05) is 18.2 Å². The molecule has 1 heterocycles. The fraction of sp³-hybridized carbons (Fsp3) is 0.208. The highest BCUT2D eigenvalue weighted by Gasteiger charge is 2.16. The van der Waals surface area contributed by atoms with Crippen molar-refractivity contribution < 1.29 is 14.0 Å². The Balaban J connectivity index is 1.65. The molecule has 3 rings (SSSR count). The van der Waals surface area contributed by atoms with E-state index in [1.54, 1.807) is 29.6 Å². The smallest absolute Gasteiger partial charge is 0.283 e. The number of hydrogen-bond donors (Lipinski definition) is 2. The molecule has 0 fully saturated rings. The maximum atomic E-state index is 13.2. The molecule has 0 bridgehead atoms. The zero-order chi connectivity index (χ0) is 22.9. The van der Waals surface area contributed by atoms with Crippen molar-refractivity contribution in [3.05, 3.63) is 87.4 Å². The number of carbonyl (C=O) groups is 2. The Kier molecular flexibility index (Phi) is 8.24. The van der Waals surface area contributed by atoms with Gasteiger partial charge in [0.15, 0.2) is 0 Å². The topological polar surface area (TPSA) is 73.8 Å². The van der Waals surface area contributed by atoms with Gasteiger partial charge in [0, 0.05) is 12.1 Å². The van der Waals surface area contributed by atoms with Crippen LogP contribution in [0.4, 0.5) is 10.1 Å². The molecule has 0 aliphatic carbocycles. The second-order valence-corrected chi connectivity index (χ2v) is 7.95. The number of benzene rings is 2. The van der Waals surface area contributed by atoms with Crippen LogP contribution < -0.4 is 10.7 Å². The lowest BCUT2D eigenvalue weighted by Crippen LogP contribution is -2.22. The number of anilines is 1. The van der Waals surface area contributed by atoms with Gasteiger partial charge in [-0.3, -0.25) is 14.5 Å². The third-order valence-corrected chi connectivity index (χ3v) is 5.75. The van der Waals surface area contributed by atoms with E-state index in [9.17, 15) is 14.0 Å². The molecule has 166 valence electrons. The number of nitrogens with zero attached hydrogens (tertiary/aromatic N) is 2. The first-order chi connectivity index (χ1) is 15.5. The summed E-state index contributed by atoms with van der Waals surface area (Å²) in [6.07, 6.45) is 1.36. The van der Waals surface area contributed by atoms with Gasteiger partial charge in [-0.15, -0.1) is 11.3 Å². The first kappa shape index (κ1) is 23.3. The second kappa shape index (κ2) is 11.3. The van der Waals surface area contributed by atoms with E-state index in [2.05, 4.69) is 34.6 Å². The van der Waals surface area contributed by atoms with Crippen LogP contribution in [0.25, 0.3) is 0 Å². The summed E-state index contributed by atoms with van der Waals surface area (Å²) in [5.74, 6) is -1.13. The van der Waals surface area contributed by atoms with Crippen LogP contribution in [0.1, 0.15) is 45.0 Å². The Morgan fingerprint density at radius 3 is 2.59 bits per heavy atom. The van der Waals surface area contributed by atoms with E-state index in [4.69, 9.17) is 0 Å². The van der Waals surface area contributed by atoms with Gasteiger partial charge in [0.25, 0.3) is 11.8 Å². The van der Waals surface area contributed by atoms with E-state index in [1.165, 1.54) is 29.7 Å². The molecule has 0 atom stereocenters. The minimum absolute atomic E-state index is 0.290. The zero-order valence-corrected chi connectivity index (χ0v) is 18.8. The number of hydrogen-bond acceptors (Lipinski definition) is 5. The molecule has 0 saturated carbocycles. The van der Waals surface area contributed by atoms with Gasteiger partial charge in [-0.25, -0.2) is 9.82 Å². The predicted molar refractivity (Wildman–Crippen MR) is 127 cm³/mol. The second-order valence-electron chi connectivity index (χ2n) is 7.03. The summed E-state index contributed by atoms with van der Waals surface area (Å²) in [6.45, 7) is 6.84. The molecule has 0 aliphatic rings. The van der Waals surface area contributed by atoms with Gasteiger partial charge in [-0.2, -0.15) is 5.10 Å². The fourth-order valence-corrected chi connectivity index (χ4v) is 3.84. The maximum absolute atomic E-state index is 13.2. The highest BCUT2D eigenvalue weighted by atomic mass is 32.1. The Bertz CT molecular complexity index is 1110. The minimum Gasteiger partial charge on any atom is -0.320 e. The first-order valence-corrected chi connectivity index (χ1v) is 11.2. The lowest BCUT2D eigenvalue weighted by molar-refractivity contribution is 0.0960. The number of rotatable bonds is 9. The SMILES string of the molecule is CCN(CC)Cc1cccc(C(=O)Nc2ccsc2C(=O)NN=Cc2cccc(F)c2)c1. The van der Waals surface area contributed by atoms with Gasteiger partial charge in [-0.1, -0.05) is 38.1 Å². The molecular formula is C24H25FN4O2S. The molecule has 8 heteroatoms. The third kappa shape index (κ3) is 6.32. The highest BCUT2D eigenvalue weighted by molar-refractivity contribution is 7.12. The molecule has 2 amide bonds. The Labute approximate surface area is 190 Å². The molecule has 1 aromatic heterocycles. The van der Waals surface area contributed by atoms with E-state index < -0.39 is 5.91 Å². The average Bonchev–Trinajstić information content (AvgIpc) is 3.26. The highest BCUT2D eigenvalue weighted by Crippen LogP contribution is 2.23. The van der Waals surface area contributed by atoms with E-state index >= 15 is 0 Å². The number of hydrazone groups is 1. The van der Waals surface area contributed by atoms with E-state index in [-0.39, 0.29) is 11.7 Å². The third-order valence-electron chi connectivity index (χ3n) is 4.84. The Morgan fingerprint density at radius 2 is 1.84 bits per heavy atom. The lowest BCUT2D eigenvalue weighted by atomic mass is 10.1. The molecule has 2 aromatic carbocycles. The van der Waals surface area contributed by atoms with Crippen molar-refractivity contribution in [2.24, 2.45) is 5.10 Å². The molecule has 0 saturated heterocycles. The summed E-state index contributed by atoms with van der Waals surface area (Å²) in [7, 11) is 0. The standard InChI is InChI=1S/C24H25FN4O2S/c1-3-29(4-2)16-18-8-5-9-19(13-18)23(30)27-21-11-12-32-22(21)24(31)28-26-15-17-7-6-10-20(25)14-17/h5-15H,3-4,16H2,1-2H3,(H,27,30)(H,28,31). The number of thiophene rings is 1. The molecule has 32 heavy (non-hydrogen) atoms. The van der Waals surface area contributed by atoms with Crippen molar-refractivity contribution in [2.75, 3.05) is 18.4 Å². The molecule has 2 N–H and O–H groups in total. The summed E-state index contributed by atoms with van der Waals surface area (Å²) in [5, 5.41) is 8.40. The summed E-state index contributed by atoms with van der Waals surface area (Å²) in [5.41, 5.74) is 4.92. The summed E-state index contributed by atoms with van der Waals surface area (Å²) >= 11 is 1.19. The minimum atomic E-state index is -0.460. The van der Waals surface area contributed by atoms with Crippen molar-refractivity contribution in [1.82, 2.24) is 10.3 Å². The first-order valence-electron chi connectivity index (χ1n) is 10.3. The van der Waals surface area contributed by atoms with Crippen LogP contribution in [0.2, 0.25) is 0 Å². The number of nitrogens with one attached hydrogen (secondary N) is 2. The molecular weight excluding hydrogens is 427 g/mol. The van der Waals surface area contributed by atoms with Crippen LogP contribution in [0.3, 0.4) is 0 Å². The van der Waals surface area contributed by atoms with Crippen LogP contribution in [0.15, 0.2) is 65.1 Å². The van der Waals surface area contributed by atoms with Crippen molar-refractivity contribution in [1.29, 1.82) is 0 Å². The zero-order valence-electron chi connectivity index (χ0n) is 18.0. The summed E-state index contributed by atoms with van der Waals surface area (Å²) < 4.78 is 13.2. The maximum Gasteiger partial charge on any atom is 0.283 e. The molecule has 0 radical (unpaired) electrons. The quantitative estimate of drug-likeness (QED) is 0.364. The Morgan fingerprint density at radius 1 is 1.06 bits per heavy atom. The van der Waals surface area contributed by atoms with Crippen molar-refractivity contribution in [3.63, 3.8) is 0 Å². The molecule has 0 spiro atoms. The van der Waals surface area contributed by atoms with Crippen molar-refractivity contribution >= 4 is 35.1 Å². The van der Waals surface area contributed by atoms with Gasteiger partial charge >= 0.3 is 0 Å². The summed E-state index contributed by atoms with van der Waals surface area (Å²) in [6, 6.07) is 15.0. The van der Waals surface area contributed by atoms with Crippen LogP contribution in [-0.4, -0.2) is 36.0 Å². The fourth-order valence-electron chi connectivity index (χ4n) is 3.10. The largest absolute Gasteiger partial charge is 0.320 e. The average molecular weight is 453 g/mol. The number of carbonyl (C=O) groups excluding carboxylic acids is 2. The van der Waals surface area contributed by atoms with E-state index in [0.29, 0.717) is 21.7 Å². The van der Waals surface area contributed by atoms with Crippen LogP contribution >= 0.6 is 11.3 Å². The normalized spacial score (nSPS) is 11.1. The van der Waals surface area contributed by atoms with Crippen LogP contribution in [0, 0.1) is 5.82 Å². The molecule has 3 aromatic rings. The lowest BCUT2D eigenvalue weighted by Gasteiger charge is -2.18. The van der Waals surface area contributed by atoms with Crippen molar-refractivity contribution in [3.8, 4) is 0 Å². The van der Waals surface area contributed by atoms with Gasteiger partial charge in [0.2, 0.25) is 0 Å². The molecule has 0 unspecified atom stereocenters. The number of halogens is 1. The van der Waals surface area contributed by atoms with Gasteiger partial charge in [0.1, 0.15) is 10.7 Å². The van der Waals surface area contributed by atoms with Crippen LogP contribution in [-0.2, 0) is 6.54 Å². The van der Waals surface area contributed by atoms with Gasteiger partial charge in [0.05, 0.1) is 11.9 Å². The Hall–Kier alpha value is -3.36. The summed E-state index contributed by atoms with van der Waals surface area (Å²) in [4.78, 5) is 27.9. The molecule has 0 aliphatic heterocycles. The van der Waals surface area contributed by atoms with Crippen LogP contribution in [0.5, 0.6) is 0 Å². The monoisotopic (exact) mass is 452 g/mol.